The van der Waals surface area contributed by atoms with Crippen LogP contribution >= 0.6 is 0 Å². The molecule has 0 unspecified atom stereocenters. The molecule has 0 aliphatic rings. The molecule has 5 nitrogen and oxygen atoms in total. The molecule has 0 spiro atoms. The van der Waals surface area contributed by atoms with E-state index in [2.05, 4.69) is 0 Å². The summed E-state index contributed by atoms with van der Waals surface area (Å²) < 4.78 is 38.1. The van der Waals surface area contributed by atoms with E-state index in [1.165, 1.54) is 6.07 Å². The Morgan fingerprint density at radius 1 is 1.10 bits per heavy atom. The van der Waals surface area contributed by atoms with Crippen LogP contribution in [0.5, 0.6) is 0 Å². The predicted octanol–water partition coefficient (Wildman–Crippen LogP) is 1.62. The lowest BCUT2D eigenvalue weighted by atomic mass is 10.2. The highest BCUT2D eigenvalue weighted by atomic mass is 32.2. The highest BCUT2D eigenvalue weighted by Crippen LogP contribution is 2.25. The van der Waals surface area contributed by atoms with Crippen LogP contribution in [0.2, 0.25) is 0 Å². The Kier molecular flexibility index (Phi) is 3.91. The number of sulfonamides is 1. The monoisotopic (exact) mass is 295 g/mol. The Bertz CT molecular complexity index is 705. The fourth-order valence-corrected chi connectivity index (χ4v) is 2.92. The zero-order valence-corrected chi connectivity index (χ0v) is 11.3. The topological polar surface area (TPSA) is 89.4 Å². The van der Waals surface area contributed by atoms with Gasteiger partial charge in [-0.15, -0.1) is 0 Å². The van der Waals surface area contributed by atoms with Gasteiger partial charge in [-0.25, -0.2) is 23.1 Å². The maximum atomic E-state index is 13.2. The van der Waals surface area contributed by atoms with Crippen molar-refractivity contribution in [2.75, 3.05) is 10.1 Å². The van der Waals surface area contributed by atoms with Crippen LogP contribution in [0.4, 0.5) is 15.8 Å². The summed E-state index contributed by atoms with van der Waals surface area (Å²) in [4.78, 5) is 0. The van der Waals surface area contributed by atoms with Crippen molar-refractivity contribution in [1.29, 1.82) is 0 Å². The minimum absolute atomic E-state index is 0.0825. The van der Waals surface area contributed by atoms with Gasteiger partial charge < -0.3 is 5.73 Å². The van der Waals surface area contributed by atoms with E-state index in [0.717, 1.165) is 12.1 Å². The molecule has 0 radical (unpaired) electrons. The van der Waals surface area contributed by atoms with Gasteiger partial charge in [0.2, 0.25) is 0 Å². The molecule has 0 saturated carbocycles. The molecule has 0 heterocycles. The van der Waals surface area contributed by atoms with Crippen LogP contribution in [-0.2, 0) is 15.8 Å². The van der Waals surface area contributed by atoms with Crippen LogP contribution in [-0.4, -0.2) is 8.42 Å². The lowest BCUT2D eigenvalue weighted by molar-refractivity contribution is 0.590. The lowest BCUT2D eigenvalue weighted by Gasteiger charge is -2.20. The van der Waals surface area contributed by atoms with E-state index in [4.69, 9.17) is 11.6 Å². The number of hydrogen-bond donors (Lipinski definition) is 2. The summed E-state index contributed by atoms with van der Waals surface area (Å²) in [5.41, 5.74) is 6.22. The first-order valence-corrected chi connectivity index (χ1v) is 7.38. The first-order valence-electron chi connectivity index (χ1n) is 5.77. The third kappa shape index (κ3) is 3.06. The van der Waals surface area contributed by atoms with Gasteiger partial charge >= 0.3 is 0 Å². The van der Waals surface area contributed by atoms with E-state index >= 15 is 0 Å². The first-order chi connectivity index (χ1) is 9.40. The summed E-state index contributed by atoms with van der Waals surface area (Å²) >= 11 is 0. The second-order valence-electron chi connectivity index (χ2n) is 4.24. The minimum Gasteiger partial charge on any atom is -0.397 e. The largest absolute Gasteiger partial charge is 0.397 e. The number of benzene rings is 2. The zero-order valence-electron chi connectivity index (χ0n) is 10.5. The van der Waals surface area contributed by atoms with Crippen molar-refractivity contribution in [3.63, 3.8) is 0 Å². The van der Waals surface area contributed by atoms with Crippen LogP contribution in [0.1, 0.15) is 5.56 Å². The smallest absolute Gasteiger partial charge is 0.252 e. The fraction of sp³-hybridized carbons (Fsp3) is 0.0769. The van der Waals surface area contributed by atoms with E-state index in [-0.39, 0.29) is 17.1 Å². The van der Waals surface area contributed by atoms with Gasteiger partial charge in [-0.2, -0.15) is 0 Å². The van der Waals surface area contributed by atoms with E-state index in [1.807, 2.05) is 0 Å². The Balaban J connectivity index is 2.32. The molecule has 0 atom stereocenters. The van der Waals surface area contributed by atoms with Crippen LogP contribution in [0, 0.1) is 5.82 Å². The zero-order chi connectivity index (χ0) is 14.8. The summed E-state index contributed by atoms with van der Waals surface area (Å²) in [5.74, 6) is 4.69. The number of nitrogen functional groups attached to an aromatic ring is 1. The highest BCUT2D eigenvalue weighted by Gasteiger charge is 2.22. The maximum absolute atomic E-state index is 13.2. The summed E-state index contributed by atoms with van der Waals surface area (Å²) in [7, 11) is -3.84. The third-order valence-electron chi connectivity index (χ3n) is 2.72. The van der Waals surface area contributed by atoms with E-state index < -0.39 is 15.8 Å². The molecule has 0 bridgehead atoms. The van der Waals surface area contributed by atoms with Gasteiger partial charge in [0.1, 0.15) is 5.82 Å². The average molecular weight is 295 g/mol. The van der Waals surface area contributed by atoms with Crippen molar-refractivity contribution in [3.8, 4) is 0 Å². The number of hydrogen-bond acceptors (Lipinski definition) is 4. The molecule has 0 aliphatic carbocycles. The summed E-state index contributed by atoms with van der Waals surface area (Å²) in [5, 5.41) is 0. The molecule has 4 N–H and O–H groups in total. The molecular weight excluding hydrogens is 281 g/mol. The van der Waals surface area contributed by atoms with E-state index in [0.29, 0.717) is 9.98 Å². The van der Waals surface area contributed by atoms with Gasteiger partial charge in [0.05, 0.1) is 17.1 Å². The number of nitrogens with two attached hydrogens (primary N) is 2. The third-order valence-corrected chi connectivity index (χ3v) is 4.22. The van der Waals surface area contributed by atoms with Crippen molar-refractivity contribution in [2.45, 2.75) is 5.75 Å². The Morgan fingerprint density at radius 2 is 1.75 bits per heavy atom. The number of rotatable bonds is 4. The molecule has 0 fully saturated rings. The van der Waals surface area contributed by atoms with Gasteiger partial charge in [-0.05, 0) is 17.7 Å². The van der Waals surface area contributed by atoms with Crippen LogP contribution in [0.15, 0.2) is 48.5 Å². The molecule has 2 aromatic rings. The second kappa shape index (κ2) is 5.48. The molecule has 0 aliphatic heterocycles. The highest BCUT2D eigenvalue weighted by molar-refractivity contribution is 7.91. The Hall–Kier alpha value is -2.12. The maximum Gasteiger partial charge on any atom is 0.252 e. The quantitative estimate of drug-likeness (QED) is 0.509. The van der Waals surface area contributed by atoms with Gasteiger partial charge in [0.15, 0.2) is 0 Å². The molecule has 0 amide bonds. The van der Waals surface area contributed by atoms with Crippen LogP contribution < -0.4 is 16.0 Å². The summed E-state index contributed by atoms with van der Waals surface area (Å²) in [6, 6.07) is 11.9. The standard InChI is InChI=1S/C13H14FN3O2S/c14-11-6-7-12(15)13(8-11)17(16)20(18,19)9-10-4-2-1-3-5-10/h1-8H,9,15-16H2. The van der Waals surface area contributed by atoms with Crippen LogP contribution in [0.3, 0.4) is 0 Å². The van der Waals surface area contributed by atoms with Gasteiger partial charge in [0, 0.05) is 6.07 Å². The average Bonchev–Trinajstić information content (AvgIpc) is 2.41. The molecular formula is C13H14FN3O2S. The van der Waals surface area contributed by atoms with Crippen LogP contribution in [0.25, 0.3) is 0 Å². The first kappa shape index (κ1) is 14.3. The molecule has 2 rings (SSSR count). The molecule has 7 heteroatoms. The minimum atomic E-state index is -3.84. The van der Waals surface area contributed by atoms with Crippen molar-refractivity contribution < 1.29 is 12.8 Å². The fourth-order valence-electron chi connectivity index (χ4n) is 1.71. The number of hydrazine groups is 1. The second-order valence-corrected chi connectivity index (χ2v) is 6.09. The van der Waals surface area contributed by atoms with Crippen molar-refractivity contribution >= 4 is 21.4 Å². The summed E-state index contributed by atoms with van der Waals surface area (Å²) in [6.07, 6.45) is 0. The predicted molar refractivity (Wildman–Crippen MR) is 76.5 cm³/mol. The van der Waals surface area contributed by atoms with Crippen molar-refractivity contribution in [2.24, 2.45) is 5.84 Å². The Morgan fingerprint density at radius 3 is 2.40 bits per heavy atom. The van der Waals surface area contributed by atoms with Gasteiger partial charge in [-0.3, -0.25) is 0 Å². The van der Waals surface area contributed by atoms with Gasteiger partial charge in [-0.1, -0.05) is 30.3 Å². The molecule has 106 valence electrons. The van der Waals surface area contributed by atoms with Gasteiger partial charge in [0.25, 0.3) is 10.0 Å². The van der Waals surface area contributed by atoms with E-state index in [1.54, 1.807) is 30.3 Å². The number of anilines is 2. The molecule has 2 aromatic carbocycles. The molecule has 0 saturated heterocycles. The number of nitrogens with zero attached hydrogens (tertiary/aromatic N) is 1. The lowest BCUT2D eigenvalue weighted by Crippen LogP contribution is -2.38. The van der Waals surface area contributed by atoms with E-state index in [9.17, 15) is 12.8 Å². The Labute approximate surface area is 116 Å². The van der Waals surface area contributed by atoms with Crippen molar-refractivity contribution in [3.05, 3.63) is 59.9 Å². The molecule has 0 aromatic heterocycles. The normalized spacial score (nSPS) is 11.3. The summed E-state index contributed by atoms with van der Waals surface area (Å²) in [6.45, 7) is 0. The SMILES string of the molecule is Nc1ccc(F)cc1N(N)S(=O)(=O)Cc1ccccc1. The molecule has 20 heavy (non-hydrogen) atoms. The number of halogens is 1. The van der Waals surface area contributed by atoms with Crippen molar-refractivity contribution in [1.82, 2.24) is 0 Å².